The highest BCUT2D eigenvalue weighted by Gasteiger charge is 2.39. The van der Waals surface area contributed by atoms with Gasteiger partial charge in [-0.1, -0.05) is 0 Å². The molecule has 13 heavy (non-hydrogen) atoms. The van der Waals surface area contributed by atoms with Crippen LogP contribution in [0.25, 0.3) is 0 Å². The third kappa shape index (κ3) is 1.70. The second-order valence-corrected chi connectivity index (χ2v) is 4.16. The number of aliphatic hydroxyl groups excluding tert-OH is 1. The van der Waals surface area contributed by atoms with Crippen LogP contribution in [0.4, 0.5) is 0 Å². The molecular formula is C10H16N2O. The van der Waals surface area contributed by atoms with Crippen LogP contribution in [-0.2, 0) is 0 Å². The summed E-state index contributed by atoms with van der Waals surface area (Å²) < 4.78 is 0. The SMILES string of the molecule is N#CCCN1C2CCC1CC(O)C2. The van der Waals surface area contributed by atoms with E-state index >= 15 is 0 Å². The highest BCUT2D eigenvalue weighted by Crippen LogP contribution is 2.35. The van der Waals surface area contributed by atoms with Crippen LogP contribution in [-0.4, -0.2) is 34.7 Å². The van der Waals surface area contributed by atoms with Gasteiger partial charge in [0.05, 0.1) is 12.2 Å². The van der Waals surface area contributed by atoms with E-state index in [0.717, 1.165) is 19.4 Å². The number of nitrogens with zero attached hydrogens (tertiary/aromatic N) is 2. The molecule has 72 valence electrons. The molecule has 2 bridgehead atoms. The van der Waals surface area contributed by atoms with Gasteiger partial charge in [0.2, 0.25) is 0 Å². The maximum atomic E-state index is 9.54. The average molecular weight is 180 g/mol. The molecule has 0 amide bonds. The van der Waals surface area contributed by atoms with E-state index in [1.54, 1.807) is 0 Å². The first kappa shape index (κ1) is 8.98. The summed E-state index contributed by atoms with van der Waals surface area (Å²) >= 11 is 0. The molecule has 3 nitrogen and oxygen atoms in total. The molecule has 2 aliphatic rings. The minimum atomic E-state index is -0.0872. The van der Waals surface area contributed by atoms with E-state index in [-0.39, 0.29) is 6.10 Å². The van der Waals surface area contributed by atoms with Gasteiger partial charge in [-0.25, -0.2) is 0 Å². The number of fused-ring (bicyclic) bond motifs is 2. The monoisotopic (exact) mass is 180 g/mol. The molecule has 0 spiro atoms. The Balaban J connectivity index is 1.95. The van der Waals surface area contributed by atoms with Crippen LogP contribution in [0.15, 0.2) is 0 Å². The Bertz CT molecular complexity index is 209. The van der Waals surface area contributed by atoms with Gasteiger partial charge in [-0.15, -0.1) is 0 Å². The molecule has 0 radical (unpaired) electrons. The van der Waals surface area contributed by atoms with Crippen LogP contribution >= 0.6 is 0 Å². The van der Waals surface area contributed by atoms with Crippen molar-refractivity contribution >= 4 is 0 Å². The highest BCUT2D eigenvalue weighted by atomic mass is 16.3. The minimum Gasteiger partial charge on any atom is -0.393 e. The van der Waals surface area contributed by atoms with Crippen LogP contribution in [0, 0.1) is 11.3 Å². The fourth-order valence-electron chi connectivity index (χ4n) is 2.79. The van der Waals surface area contributed by atoms with Crippen LogP contribution in [0.2, 0.25) is 0 Å². The fraction of sp³-hybridized carbons (Fsp3) is 0.900. The van der Waals surface area contributed by atoms with Crippen molar-refractivity contribution in [2.45, 2.75) is 50.3 Å². The van der Waals surface area contributed by atoms with Crippen molar-refractivity contribution in [1.29, 1.82) is 5.26 Å². The van der Waals surface area contributed by atoms with E-state index in [1.807, 2.05) is 0 Å². The summed E-state index contributed by atoms with van der Waals surface area (Å²) in [6.07, 6.45) is 4.81. The molecule has 2 saturated heterocycles. The summed E-state index contributed by atoms with van der Waals surface area (Å²) in [6, 6.07) is 3.31. The normalized spacial score (nSPS) is 38.9. The molecule has 3 heteroatoms. The van der Waals surface area contributed by atoms with Crippen molar-refractivity contribution in [3.8, 4) is 6.07 Å². The van der Waals surface area contributed by atoms with E-state index < -0.39 is 0 Å². The Morgan fingerprint density at radius 2 is 1.92 bits per heavy atom. The Morgan fingerprint density at radius 3 is 2.46 bits per heavy atom. The van der Waals surface area contributed by atoms with Crippen molar-refractivity contribution in [3.05, 3.63) is 0 Å². The molecule has 0 aromatic heterocycles. The van der Waals surface area contributed by atoms with Gasteiger partial charge in [0.25, 0.3) is 0 Å². The zero-order chi connectivity index (χ0) is 9.26. The summed E-state index contributed by atoms with van der Waals surface area (Å²) in [5, 5.41) is 18.1. The molecule has 2 rings (SSSR count). The number of hydrogen-bond donors (Lipinski definition) is 1. The number of hydrogen-bond acceptors (Lipinski definition) is 3. The standard InChI is InChI=1S/C10H16N2O/c11-4-1-5-12-8-2-3-9(12)7-10(13)6-8/h8-10,13H,1-3,5-7H2. The molecule has 0 aromatic rings. The van der Waals surface area contributed by atoms with Gasteiger partial charge in [0.1, 0.15) is 0 Å². The summed E-state index contributed by atoms with van der Waals surface area (Å²) in [5.41, 5.74) is 0. The van der Waals surface area contributed by atoms with Gasteiger partial charge in [0, 0.05) is 25.0 Å². The average Bonchev–Trinajstić information content (AvgIpc) is 2.33. The van der Waals surface area contributed by atoms with Crippen LogP contribution in [0.1, 0.15) is 32.1 Å². The third-order valence-electron chi connectivity index (χ3n) is 3.34. The highest BCUT2D eigenvalue weighted by molar-refractivity contribution is 4.95. The molecule has 1 N–H and O–H groups in total. The van der Waals surface area contributed by atoms with Crippen molar-refractivity contribution < 1.29 is 5.11 Å². The van der Waals surface area contributed by atoms with Gasteiger partial charge in [0.15, 0.2) is 0 Å². The summed E-state index contributed by atoms with van der Waals surface area (Å²) in [7, 11) is 0. The maximum absolute atomic E-state index is 9.54. The predicted octanol–water partition coefficient (Wildman–Crippen LogP) is 0.888. The van der Waals surface area contributed by atoms with Crippen LogP contribution in [0.5, 0.6) is 0 Å². The third-order valence-corrected chi connectivity index (χ3v) is 3.34. The first-order chi connectivity index (χ1) is 6.31. The summed E-state index contributed by atoms with van der Waals surface area (Å²) in [6.45, 7) is 0.901. The van der Waals surface area contributed by atoms with E-state index in [9.17, 15) is 5.11 Å². The number of aliphatic hydroxyl groups is 1. The largest absolute Gasteiger partial charge is 0.393 e. The molecule has 0 aromatic carbocycles. The van der Waals surface area contributed by atoms with Gasteiger partial charge in [-0.2, -0.15) is 5.26 Å². The maximum Gasteiger partial charge on any atom is 0.0635 e. The molecule has 2 aliphatic heterocycles. The Kier molecular flexibility index (Phi) is 2.52. The van der Waals surface area contributed by atoms with Crippen LogP contribution < -0.4 is 0 Å². The van der Waals surface area contributed by atoms with Crippen molar-refractivity contribution in [3.63, 3.8) is 0 Å². The predicted molar refractivity (Wildman–Crippen MR) is 49.0 cm³/mol. The lowest BCUT2D eigenvalue weighted by Crippen LogP contribution is -2.44. The summed E-state index contributed by atoms with van der Waals surface area (Å²) in [5.74, 6) is 0. The topological polar surface area (TPSA) is 47.3 Å². The summed E-state index contributed by atoms with van der Waals surface area (Å²) in [4.78, 5) is 2.43. The van der Waals surface area contributed by atoms with E-state index in [0.29, 0.717) is 18.5 Å². The molecule has 2 unspecified atom stereocenters. The number of nitriles is 1. The lowest BCUT2D eigenvalue weighted by Gasteiger charge is -2.36. The van der Waals surface area contributed by atoms with E-state index in [1.165, 1.54) is 12.8 Å². The molecule has 0 saturated carbocycles. The fourth-order valence-corrected chi connectivity index (χ4v) is 2.79. The van der Waals surface area contributed by atoms with E-state index in [2.05, 4.69) is 11.0 Å². The zero-order valence-electron chi connectivity index (χ0n) is 7.82. The second-order valence-electron chi connectivity index (χ2n) is 4.16. The van der Waals surface area contributed by atoms with Crippen molar-refractivity contribution in [1.82, 2.24) is 4.90 Å². The first-order valence-corrected chi connectivity index (χ1v) is 5.12. The molecule has 2 heterocycles. The van der Waals surface area contributed by atoms with E-state index in [4.69, 9.17) is 5.26 Å². The second kappa shape index (κ2) is 3.65. The number of piperidine rings is 1. The van der Waals surface area contributed by atoms with Gasteiger partial charge < -0.3 is 5.11 Å². The molecule has 2 fully saturated rings. The molecule has 0 aliphatic carbocycles. The zero-order valence-corrected chi connectivity index (χ0v) is 7.82. The van der Waals surface area contributed by atoms with Crippen LogP contribution in [0.3, 0.4) is 0 Å². The van der Waals surface area contributed by atoms with Gasteiger partial charge in [-0.05, 0) is 25.7 Å². The smallest absolute Gasteiger partial charge is 0.0635 e. The minimum absolute atomic E-state index is 0.0872. The lowest BCUT2D eigenvalue weighted by molar-refractivity contribution is 0.0368. The number of rotatable bonds is 2. The Hall–Kier alpha value is -0.590. The molecular weight excluding hydrogens is 164 g/mol. The lowest BCUT2D eigenvalue weighted by atomic mass is 10.00. The van der Waals surface area contributed by atoms with Gasteiger partial charge >= 0.3 is 0 Å². The quantitative estimate of drug-likeness (QED) is 0.686. The molecule has 2 atom stereocenters. The van der Waals surface area contributed by atoms with Crippen molar-refractivity contribution in [2.75, 3.05) is 6.54 Å². The van der Waals surface area contributed by atoms with Crippen molar-refractivity contribution in [2.24, 2.45) is 0 Å². The first-order valence-electron chi connectivity index (χ1n) is 5.12. The Labute approximate surface area is 79.0 Å². The van der Waals surface area contributed by atoms with Gasteiger partial charge in [-0.3, -0.25) is 4.90 Å². The Morgan fingerprint density at radius 1 is 1.31 bits per heavy atom.